The van der Waals surface area contributed by atoms with Crippen LogP contribution in [-0.4, -0.2) is 13.7 Å². The van der Waals surface area contributed by atoms with Crippen LogP contribution in [0.4, 0.5) is 5.69 Å². The van der Waals surface area contributed by atoms with Gasteiger partial charge >= 0.3 is 0 Å². The summed E-state index contributed by atoms with van der Waals surface area (Å²) in [7, 11) is -3.20. The number of hydrogen-bond donors (Lipinski definition) is 2. The highest BCUT2D eigenvalue weighted by Crippen LogP contribution is 2.32. The molecule has 0 bridgehead atoms. The third-order valence-corrected chi connectivity index (χ3v) is 5.18. The Hall–Kier alpha value is -1.07. The first-order valence-electron chi connectivity index (χ1n) is 6.27. The number of nitrogens with two attached hydrogens (primary N) is 1. The van der Waals surface area contributed by atoms with Gasteiger partial charge in [0.2, 0.25) is 10.0 Å². The minimum atomic E-state index is -3.20. The molecule has 3 N–H and O–H groups in total. The first-order valence-corrected chi connectivity index (χ1v) is 7.82. The van der Waals surface area contributed by atoms with E-state index in [-0.39, 0.29) is 17.2 Å². The number of hydrogen-bond acceptors (Lipinski definition) is 3. The van der Waals surface area contributed by atoms with Crippen molar-refractivity contribution in [2.75, 3.05) is 5.73 Å². The third kappa shape index (κ3) is 2.84. The molecule has 1 aliphatic rings. The van der Waals surface area contributed by atoms with Crippen LogP contribution in [0.15, 0.2) is 24.3 Å². The van der Waals surface area contributed by atoms with Crippen LogP contribution in [-0.2, 0) is 10.0 Å². The summed E-state index contributed by atoms with van der Waals surface area (Å²) >= 11 is 0. The summed E-state index contributed by atoms with van der Waals surface area (Å²) in [6.45, 7) is 3.99. The maximum absolute atomic E-state index is 12.0. The van der Waals surface area contributed by atoms with Crippen molar-refractivity contribution in [1.29, 1.82) is 0 Å². The zero-order chi connectivity index (χ0) is 13.3. The lowest BCUT2D eigenvalue weighted by molar-refractivity contribution is 0.463. The van der Waals surface area contributed by atoms with E-state index in [2.05, 4.69) is 4.72 Å². The van der Waals surface area contributed by atoms with Gasteiger partial charge in [0.05, 0.1) is 11.3 Å². The first kappa shape index (κ1) is 13.4. The molecule has 0 heterocycles. The van der Waals surface area contributed by atoms with Crippen molar-refractivity contribution < 1.29 is 8.42 Å². The smallest absolute Gasteiger partial charge is 0.215 e. The summed E-state index contributed by atoms with van der Waals surface area (Å²) in [5.74, 6) is 0.156. The number of nitrogen functional groups attached to an aromatic ring is 1. The SMILES string of the molecule is CC(C)C(NS(=O)(=O)C1CC1)c1ccccc1N. The average Bonchev–Trinajstić information content (AvgIpc) is 3.10. The van der Waals surface area contributed by atoms with Gasteiger partial charge in [0, 0.05) is 5.69 Å². The minimum absolute atomic E-state index is 0.156. The fourth-order valence-corrected chi connectivity index (χ4v) is 3.71. The van der Waals surface area contributed by atoms with Gasteiger partial charge in [0.25, 0.3) is 0 Å². The van der Waals surface area contributed by atoms with Crippen LogP contribution in [0.3, 0.4) is 0 Å². The molecule has 0 spiro atoms. The van der Waals surface area contributed by atoms with E-state index in [1.807, 2.05) is 32.0 Å². The molecule has 1 unspecified atom stereocenters. The van der Waals surface area contributed by atoms with Crippen LogP contribution in [0.5, 0.6) is 0 Å². The fraction of sp³-hybridized carbons (Fsp3) is 0.538. The third-order valence-electron chi connectivity index (χ3n) is 3.25. The molecule has 0 aromatic heterocycles. The molecule has 1 aliphatic carbocycles. The van der Waals surface area contributed by atoms with Crippen molar-refractivity contribution in [3.8, 4) is 0 Å². The predicted octanol–water partition coefficient (Wildman–Crippen LogP) is 2.05. The molecule has 1 aromatic rings. The molecule has 2 rings (SSSR count). The zero-order valence-electron chi connectivity index (χ0n) is 10.8. The van der Waals surface area contributed by atoms with Gasteiger partial charge in [-0.05, 0) is 30.4 Å². The monoisotopic (exact) mass is 268 g/mol. The van der Waals surface area contributed by atoms with E-state index in [9.17, 15) is 8.42 Å². The van der Waals surface area contributed by atoms with Gasteiger partial charge in [-0.15, -0.1) is 0 Å². The molecular weight excluding hydrogens is 248 g/mol. The van der Waals surface area contributed by atoms with Crippen molar-refractivity contribution in [2.24, 2.45) is 5.92 Å². The molecule has 18 heavy (non-hydrogen) atoms. The summed E-state index contributed by atoms with van der Waals surface area (Å²) in [6.07, 6.45) is 1.54. The van der Waals surface area contributed by atoms with Gasteiger partial charge in [-0.25, -0.2) is 13.1 Å². The van der Waals surface area contributed by atoms with E-state index in [4.69, 9.17) is 5.73 Å². The largest absolute Gasteiger partial charge is 0.398 e. The van der Waals surface area contributed by atoms with E-state index in [0.717, 1.165) is 18.4 Å². The quantitative estimate of drug-likeness (QED) is 0.803. The van der Waals surface area contributed by atoms with Gasteiger partial charge in [-0.1, -0.05) is 32.0 Å². The van der Waals surface area contributed by atoms with Crippen LogP contribution < -0.4 is 10.5 Å². The lowest BCUT2D eigenvalue weighted by Crippen LogP contribution is -2.34. The molecule has 0 amide bonds. The number of benzene rings is 1. The van der Waals surface area contributed by atoms with E-state index in [1.54, 1.807) is 6.07 Å². The standard InChI is InChI=1S/C13H20N2O2S/c1-9(2)13(11-5-3-4-6-12(11)14)15-18(16,17)10-7-8-10/h3-6,9-10,13,15H,7-8,14H2,1-2H3. The number of nitrogens with one attached hydrogen (secondary N) is 1. The molecule has 1 aromatic carbocycles. The van der Waals surface area contributed by atoms with E-state index < -0.39 is 10.0 Å². The summed E-state index contributed by atoms with van der Waals surface area (Å²) in [5, 5.41) is -0.205. The maximum atomic E-state index is 12.0. The van der Waals surface area contributed by atoms with Crippen molar-refractivity contribution in [3.63, 3.8) is 0 Å². The second kappa shape index (κ2) is 4.90. The summed E-state index contributed by atoms with van der Waals surface area (Å²) < 4.78 is 26.9. The Balaban J connectivity index is 2.27. The minimum Gasteiger partial charge on any atom is -0.398 e. The number of anilines is 1. The van der Waals surface area contributed by atoms with Crippen LogP contribution in [0.2, 0.25) is 0 Å². The van der Waals surface area contributed by atoms with Gasteiger partial charge in [0.15, 0.2) is 0 Å². The lowest BCUT2D eigenvalue weighted by Gasteiger charge is -2.24. The molecule has 0 saturated heterocycles. The molecule has 1 atom stereocenters. The number of sulfonamides is 1. The van der Waals surface area contributed by atoms with E-state index >= 15 is 0 Å². The average molecular weight is 268 g/mol. The van der Waals surface area contributed by atoms with Crippen molar-refractivity contribution >= 4 is 15.7 Å². The lowest BCUT2D eigenvalue weighted by atomic mass is 9.96. The molecule has 4 nitrogen and oxygen atoms in total. The Bertz CT molecular complexity index is 522. The highest BCUT2D eigenvalue weighted by molar-refractivity contribution is 7.90. The van der Waals surface area contributed by atoms with Gasteiger partial charge in [-0.2, -0.15) is 0 Å². The Labute approximate surface area is 109 Å². The second-order valence-electron chi connectivity index (χ2n) is 5.21. The summed E-state index contributed by atoms with van der Waals surface area (Å²) in [4.78, 5) is 0. The molecule has 0 radical (unpaired) electrons. The molecule has 1 saturated carbocycles. The molecule has 100 valence electrons. The highest BCUT2D eigenvalue weighted by Gasteiger charge is 2.37. The Morgan fingerprint density at radius 3 is 2.39 bits per heavy atom. The number of para-hydroxylation sites is 1. The molecular formula is C13H20N2O2S. The van der Waals surface area contributed by atoms with Crippen LogP contribution >= 0.6 is 0 Å². The Morgan fingerprint density at radius 1 is 1.28 bits per heavy atom. The summed E-state index contributed by atoms with van der Waals surface area (Å²) in [6, 6.07) is 7.17. The summed E-state index contributed by atoms with van der Waals surface area (Å²) in [5.41, 5.74) is 7.43. The van der Waals surface area contributed by atoms with E-state index in [1.165, 1.54) is 0 Å². The Kier molecular flexibility index (Phi) is 3.64. The highest BCUT2D eigenvalue weighted by atomic mass is 32.2. The zero-order valence-corrected chi connectivity index (χ0v) is 11.6. The second-order valence-corrected chi connectivity index (χ2v) is 7.21. The van der Waals surface area contributed by atoms with Crippen LogP contribution in [0, 0.1) is 5.92 Å². The van der Waals surface area contributed by atoms with Gasteiger partial charge in [-0.3, -0.25) is 0 Å². The molecule has 0 aliphatic heterocycles. The predicted molar refractivity (Wildman–Crippen MR) is 73.5 cm³/mol. The van der Waals surface area contributed by atoms with Gasteiger partial charge in [0.1, 0.15) is 0 Å². The van der Waals surface area contributed by atoms with Crippen molar-refractivity contribution in [3.05, 3.63) is 29.8 Å². The maximum Gasteiger partial charge on any atom is 0.215 e. The fourth-order valence-electron chi connectivity index (χ4n) is 2.00. The first-order chi connectivity index (χ1) is 8.42. The van der Waals surface area contributed by atoms with Crippen LogP contribution in [0.25, 0.3) is 0 Å². The number of rotatable bonds is 5. The topological polar surface area (TPSA) is 72.2 Å². The van der Waals surface area contributed by atoms with Crippen molar-refractivity contribution in [2.45, 2.75) is 38.0 Å². The Morgan fingerprint density at radius 2 is 1.89 bits per heavy atom. The van der Waals surface area contributed by atoms with Crippen LogP contribution in [0.1, 0.15) is 38.3 Å². The van der Waals surface area contributed by atoms with Crippen molar-refractivity contribution in [1.82, 2.24) is 4.72 Å². The molecule has 5 heteroatoms. The normalized spacial score (nSPS) is 17.9. The van der Waals surface area contributed by atoms with Gasteiger partial charge < -0.3 is 5.73 Å². The van der Waals surface area contributed by atoms with E-state index in [0.29, 0.717) is 5.69 Å². The molecule has 1 fully saturated rings.